The highest BCUT2D eigenvalue weighted by Crippen LogP contribution is 2.26. The van der Waals surface area contributed by atoms with E-state index >= 15 is 0 Å². The molecule has 2 aromatic heterocycles. The lowest BCUT2D eigenvalue weighted by molar-refractivity contribution is -0.127. The lowest BCUT2D eigenvalue weighted by atomic mass is 10.1. The Morgan fingerprint density at radius 1 is 1.12 bits per heavy atom. The lowest BCUT2D eigenvalue weighted by Gasteiger charge is -2.12. The molecule has 0 aliphatic heterocycles. The molecular formula is C17H17N5O2. The van der Waals surface area contributed by atoms with Gasteiger partial charge in [0.15, 0.2) is 0 Å². The molecule has 3 aromatic rings. The van der Waals surface area contributed by atoms with Crippen LogP contribution >= 0.6 is 0 Å². The largest absolute Gasteiger partial charge is 0.424 e. The van der Waals surface area contributed by atoms with E-state index in [2.05, 4.69) is 19.9 Å². The molecule has 2 heterocycles. The minimum atomic E-state index is 0.00788. The average Bonchev–Trinajstić information content (AvgIpc) is 3.10. The number of rotatable bonds is 5. The number of carbonyl (C=O) groups is 1. The predicted octanol–water partition coefficient (Wildman–Crippen LogP) is 2.29. The number of carbonyl (C=O) groups excluding carboxylic acids is 1. The molecule has 0 aliphatic rings. The van der Waals surface area contributed by atoms with E-state index in [1.807, 2.05) is 18.2 Å². The summed E-state index contributed by atoms with van der Waals surface area (Å²) in [5.41, 5.74) is 1.66. The van der Waals surface area contributed by atoms with Gasteiger partial charge < -0.3 is 14.6 Å². The predicted molar refractivity (Wildman–Crippen MR) is 88.5 cm³/mol. The normalized spacial score (nSPS) is 10.4. The molecule has 0 unspecified atom stereocenters. The number of imidazole rings is 1. The van der Waals surface area contributed by atoms with Gasteiger partial charge in [0.25, 0.3) is 0 Å². The first kappa shape index (κ1) is 15.7. The van der Waals surface area contributed by atoms with E-state index in [4.69, 9.17) is 4.74 Å². The van der Waals surface area contributed by atoms with E-state index in [9.17, 15) is 4.79 Å². The van der Waals surface area contributed by atoms with Crippen molar-refractivity contribution >= 4 is 5.91 Å². The van der Waals surface area contributed by atoms with Crippen molar-refractivity contribution in [2.24, 2.45) is 0 Å². The number of likely N-dealkylation sites (N-methyl/N-ethyl adjacent to an activating group) is 1. The van der Waals surface area contributed by atoms with Crippen LogP contribution in [-0.2, 0) is 11.2 Å². The molecule has 7 heteroatoms. The highest BCUT2D eigenvalue weighted by molar-refractivity contribution is 5.79. The Hall–Kier alpha value is -3.22. The summed E-state index contributed by atoms with van der Waals surface area (Å²) in [5.74, 6) is 1.26. The molecule has 7 nitrogen and oxygen atoms in total. The molecule has 1 amide bonds. The molecule has 0 bridgehead atoms. The molecule has 122 valence electrons. The maximum Gasteiger partial charge on any atom is 0.321 e. The van der Waals surface area contributed by atoms with Crippen LogP contribution in [0.3, 0.4) is 0 Å². The van der Waals surface area contributed by atoms with E-state index in [0.717, 1.165) is 11.1 Å². The molecule has 0 saturated carbocycles. The van der Waals surface area contributed by atoms with Crippen molar-refractivity contribution in [3.63, 3.8) is 0 Å². The standard InChI is InChI=1S/C17H17N5O2/c1-22(2)15(23)10-12-8-13(16-18-6-7-19-16)11-14(9-12)24-17-20-4-3-5-21-17/h3-9,11H,10H2,1-2H3,(H,18,19). The van der Waals surface area contributed by atoms with E-state index in [1.165, 1.54) is 0 Å². The van der Waals surface area contributed by atoms with Gasteiger partial charge >= 0.3 is 6.01 Å². The molecule has 3 rings (SSSR count). The van der Waals surface area contributed by atoms with Gasteiger partial charge in [0.1, 0.15) is 11.6 Å². The number of aromatic amines is 1. The van der Waals surface area contributed by atoms with Crippen molar-refractivity contribution in [1.29, 1.82) is 0 Å². The average molecular weight is 323 g/mol. The van der Waals surface area contributed by atoms with Gasteiger partial charge in [-0.15, -0.1) is 0 Å². The summed E-state index contributed by atoms with van der Waals surface area (Å²) < 4.78 is 5.71. The van der Waals surface area contributed by atoms with Crippen molar-refractivity contribution in [3.8, 4) is 23.1 Å². The fraction of sp³-hybridized carbons (Fsp3) is 0.176. The Kier molecular flexibility index (Phi) is 4.51. The van der Waals surface area contributed by atoms with Crippen molar-refractivity contribution < 1.29 is 9.53 Å². The molecule has 0 atom stereocenters. The van der Waals surface area contributed by atoms with Crippen LogP contribution in [0.5, 0.6) is 11.8 Å². The van der Waals surface area contributed by atoms with Gasteiger partial charge in [0.05, 0.1) is 6.42 Å². The highest BCUT2D eigenvalue weighted by Gasteiger charge is 2.11. The SMILES string of the molecule is CN(C)C(=O)Cc1cc(Oc2ncccn2)cc(-c2ncc[nH]2)c1. The van der Waals surface area contributed by atoms with Gasteiger partial charge in [-0.25, -0.2) is 15.0 Å². The number of hydrogen-bond acceptors (Lipinski definition) is 5. The summed E-state index contributed by atoms with van der Waals surface area (Å²) >= 11 is 0. The molecule has 0 fully saturated rings. The number of ether oxygens (including phenoxy) is 1. The third kappa shape index (κ3) is 3.75. The maximum atomic E-state index is 12.0. The second-order valence-corrected chi connectivity index (χ2v) is 5.40. The van der Waals surface area contributed by atoms with Crippen molar-refractivity contribution in [3.05, 3.63) is 54.6 Å². The number of hydrogen-bond donors (Lipinski definition) is 1. The summed E-state index contributed by atoms with van der Waals surface area (Å²) in [4.78, 5) is 29.0. The topological polar surface area (TPSA) is 84.0 Å². The first-order valence-electron chi connectivity index (χ1n) is 7.40. The Labute approximate surface area is 139 Å². The Bertz CT molecular complexity index is 816. The van der Waals surface area contributed by atoms with Gasteiger partial charge in [-0.05, 0) is 29.8 Å². The quantitative estimate of drug-likeness (QED) is 0.779. The number of amides is 1. The number of aromatic nitrogens is 4. The van der Waals surface area contributed by atoms with Crippen molar-refractivity contribution in [1.82, 2.24) is 24.8 Å². The van der Waals surface area contributed by atoms with Gasteiger partial charge in [-0.2, -0.15) is 0 Å². The smallest absolute Gasteiger partial charge is 0.321 e. The summed E-state index contributed by atoms with van der Waals surface area (Å²) in [7, 11) is 3.46. The van der Waals surface area contributed by atoms with Crippen LogP contribution in [0.2, 0.25) is 0 Å². The van der Waals surface area contributed by atoms with Gasteiger partial charge in [-0.1, -0.05) is 0 Å². The van der Waals surface area contributed by atoms with E-state index in [0.29, 0.717) is 11.6 Å². The van der Waals surface area contributed by atoms with Crippen LogP contribution in [0.4, 0.5) is 0 Å². The van der Waals surface area contributed by atoms with Crippen LogP contribution in [0.15, 0.2) is 49.1 Å². The van der Waals surface area contributed by atoms with Crippen LogP contribution < -0.4 is 4.74 Å². The fourth-order valence-corrected chi connectivity index (χ4v) is 2.16. The highest BCUT2D eigenvalue weighted by atomic mass is 16.5. The number of nitrogens with zero attached hydrogens (tertiary/aromatic N) is 4. The van der Waals surface area contributed by atoms with Crippen LogP contribution in [0, 0.1) is 0 Å². The van der Waals surface area contributed by atoms with E-state index in [1.54, 1.807) is 49.8 Å². The minimum absolute atomic E-state index is 0.00788. The Balaban J connectivity index is 1.95. The Morgan fingerprint density at radius 3 is 2.58 bits per heavy atom. The molecule has 1 N–H and O–H groups in total. The van der Waals surface area contributed by atoms with Crippen LogP contribution in [0.1, 0.15) is 5.56 Å². The first-order chi connectivity index (χ1) is 11.6. The van der Waals surface area contributed by atoms with Gasteiger partial charge in [-0.3, -0.25) is 4.79 Å². The zero-order valence-corrected chi connectivity index (χ0v) is 13.4. The number of benzene rings is 1. The lowest BCUT2D eigenvalue weighted by Crippen LogP contribution is -2.23. The summed E-state index contributed by atoms with van der Waals surface area (Å²) in [6.45, 7) is 0. The molecule has 0 radical (unpaired) electrons. The zero-order valence-electron chi connectivity index (χ0n) is 13.4. The van der Waals surface area contributed by atoms with Crippen LogP contribution in [0.25, 0.3) is 11.4 Å². The first-order valence-corrected chi connectivity index (χ1v) is 7.40. The minimum Gasteiger partial charge on any atom is -0.424 e. The molecular weight excluding hydrogens is 306 g/mol. The monoisotopic (exact) mass is 323 g/mol. The molecule has 1 aromatic carbocycles. The van der Waals surface area contributed by atoms with Gasteiger partial charge in [0, 0.05) is 44.4 Å². The third-order valence-corrected chi connectivity index (χ3v) is 3.34. The van der Waals surface area contributed by atoms with Crippen molar-refractivity contribution in [2.75, 3.05) is 14.1 Å². The molecule has 0 aliphatic carbocycles. The molecule has 0 saturated heterocycles. The number of nitrogens with one attached hydrogen (secondary N) is 1. The zero-order chi connectivity index (χ0) is 16.9. The van der Waals surface area contributed by atoms with E-state index < -0.39 is 0 Å². The van der Waals surface area contributed by atoms with Crippen molar-refractivity contribution in [2.45, 2.75) is 6.42 Å². The third-order valence-electron chi connectivity index (χ3n) is 3.34. The second kappa shape index (κ2) is 6.91. The fourth-order valence-electron chi connectivity index (χ4n) is 2.16. The summed E-state index contributed by atoms with van der Waals surface area (Å²) in [5, 5.41) is 0. The molecule has 0 spiro atoms. The van der Waals surface area contributed by atoms with Gasteiger partial charge in [0.2, 0.25) is 5.91 Å². The summed E-state index contributed by atoms with van der Waals surface area (Å²) in [6.07, 6.45) is 6.90. The Morgan fingerprint density at radius 2 is 1.92 bits per heavy atom. The van der Waals surface area contributed by atoms with E-state index in [-0.39, 0.29) is 18.3 Å². The number of H-pyrrole nitrogens is 1. The molecule has 24 heavy (non-hydrogen) atoms. The maximum absolute atomic E-state index is 12.0. The van der Waals surface area contributed by atoms with Crippen LogP contribution in [-0.4, -0.2) is 44.8 Å². The second-order valence-electron chi connectivity index (χ2n) is 5.40. The summed E-state index contributed by atoms with van der Waals surface area (Å²) in [6, 6.07) is 7.52.